The van der Waals surface area contributed by atoms with E-state index in [4.69, 9.17) is 11.6 Å². The Hall–Kier alpha value is -1.19. The lowest BCUT2D eigenvalue weighted by Gasteiger charge is -2.15. The number of carbonyl (C=O) groups is 1. The predicted molar refractivity (Wildman–Crippen MR) is 78.5 cm³/mol. The minimum atomic E-state index is -0.554. The molecule has 0 aliphatic heterocycles. The summed E-state index contributed by atoms with van der Waals surface area (Å²) in [4.78, 5) is 11.7. The van der Waals surface area contributed by atoms with Gasteiger partial charge in [-0.25, -0.2) is 4.39 Å². The zero-order valence-corrected chi connectivity index (χ0v) is 12.2. The van der Waals surface area contributed by atoms with Crippen molar-refractivity contribution in [1.82, 2.24) is 0 Å². The van der Waals surface area contributed by atoms with Gasteiger partial charge in [0.2, 0.25) is 0 Å². The fourth-order valence-corrected chi connectivity index (χ4v) is 2.54. The molecule has 2 atom stereocenters. The first kappa shape index (κ1) is 14.2. The Morgan fingerprint density at radius 3 is 2.21 bits per heavy atom. The van der Waals surface area contributed by atoms with Crippen LogP contribution in [0.1, 0.15) is 21.3 Å². The van der Waals surface area contributed by atoms with Crippen molar-refractivity contribution in [3.63, 3.8) is 0 Å². The minimum Gasteiger partial charge on any atom is -0.293 e. The smallest absolute Gasteiger partial charge is 0.178 e. The highest BCUT2D eigenvalue weighted by Gasteiger charge is 2.26. The van der Waals surface area contributed by atoms with Gasteiger partial charge in [-0.1, -0.05) is 58.4 Å². The van der Waals surface area contributed by atoms with Gasteiger partial charge in [-0.3, -0.25) is 4.79 Å². The van der Waals surface area contributed by atoms with Crippen molar-refractivity contribution in [2.75, 3.05) is 0 Å². The molecule has 4 heteroatoms. The van der Waals surface area contributed by atoms with Gasteiger partial charge in [0.25, 0.3) is 0 Å². The molecule has 0 saturated carbocycles. The summed E-state index contributed by atoms with van der Waals surface area (Å²) in [6.45, 7) is 0. The second kappa shape index (κ2) is 6.31. The molecule has 19 heavy (non-hydrogen) atoms. The van der Waals surface area contributed by atoms with E-state index >= 15 is 0 Å². The molecular weight excluding hydrogens is 331 g/mol. The van der Waals surface area contributed by atoms with E-state index in [-0.39, 0.29) is 11.6 Å². The molecule has 2 rings (SSSR count). The van der Waals surface area contributed by atoms with Crippen LogP contribution in [0.4, 0.5) is 4.39 Å². The quantitative estimate of drug-likeness (QED) is 0.579. The van der Waals surface area contributed by atoms with Crippen molar-refractivity contribution >= 4 is 33.3 Å². The molecule has 0 spiro atoms. The van der Waals surface area contributed by atoms with Gasteiger partial charge in [0.1, 0.15) is 5.82 Å². The minimum absolute atomic E-state index is 0.0927. The predicted octanol–water partition coefficient (Wildman–Crippen LogP) is 4.75. The van der Waals surface area contributed by atoms with E-state index in [2.05, 4.69) is 15.9 Å². The number of Topliss-reactive ketones (excluding diaryl/α,β-unsaturated/α-hetero) is 1. The highest BCUT2D eigenvalue weighted by atomic mass is 79.9. The van der Waals surface area contributed by atoms with Crippen LogP contribution in [0.3, 0.4) is 0 Å². The third-order valence-corrected chi connectivity index (χ3v) is 4.51. The molecule has 0 unspecified atom stereocenters. The lowest BCUT2D eigenvalue weighted by molar-refractivity contribution is 0.0990. The first-order valence-corrected chi connectivity index (χ1v) is 7.07. The Bertz CT molecular complexity index is 556. The summed E-state index contributed by atoms with van der Waals surface area (Å²) in [6, 6.07) is 14.8. The number of ketones is 1. The molecule has 0 aliphatic rings. The number of hydrogen-bond donors (Lipinski definition) is 0. The second-order valence-corrected chi connectivity index (χ2v) is 5.54. The second-order valence-electron chi connectivity index (χ2n) is 4.09. The third kappa shape index (κ3) is 3.43. The summed E-state index contributed by atoms with van der Waals surface area (Å²) in [5.41, 5.74) is 1.30. The first-order chi connectivity index (χ1) is 9.09. The lowest BCUT2D eigenvalue weighted by Crippen LogP contribution is -2.19. The molecule has 0 fully saturated rings. The van der Waals surface area contributed by atoms with Gasteiger partial charge in [-0.05, 0) is 17.7 Å². The summed E-state index contributed by atoms with van der Waals surface area (Å²) < 4.78 is 12.9. The Morgan fingerprint density at radius 2 is 1.63 bits per heavy atom. The number of halogens is 3. The Morgan fingerprint density at radius 1 is 1.05 bits per heavy atom. The van der Waals surface area contributed by atoms with Crippen LogP contribution in [0.25, 0.3) is 0 Å². The normalized spacial score (nSPS) is 13.8. The van der Waals surface area contributed by atoms with Crippen LogP contribution in [0.2, 0.25) is 0 Å². The van der Waals surface area contributed by atoms with Crippen molar-refractivity contribution in [2.24, 2.45) is 0 Å². The average Bonchev–Trinajstić information content (AvgIpc) is 2.46. The molecule has 0 aliphatic carbocycles. The summed E-state index contributed by atoms with van der Waals surface area (Å²) in [5, 5.41) is -0.548. The number of alkyl halides is 2. The molecule has 0 amide bonds. The van der Waals surface area contributed by atoms with Gasteiger partial charge >= 0.3 is 0 Å². The van der Waals surface area contributed by atoms with Crippen LogP contribution in [0.5, 0.6) is 0 Å². The molecule has 98 valence electrons. The number of hydrogen-bond acceptors (Lipinski definition) is 1. The van der Waals surface area contributed by atoms with Gasteiger partial charge in [0, 0.05) is 5.56 Å². The number of rotatable bonds is 4. The van der Waals surface area contributed by atoms with Gasteiger partial charge in [-0.15, -0.1) is 11.6 Å². The molecule has 2 aromatic carbocycles. The van der Waals surface area contributed by atoms with Crippen LogP contribution >= 0.6 is 27.5 Å². The maximum absolute atomic E-state index is 12.9. The zero-order chi connectivity index (χ0) is 13.8. The van der Waals surface area contributed by atoms with E-state index in [0.29, 0.717) is 11.1 Å². The van der Waals surface area contributed by atoms with Crippen molar-refractivity contribution in [3.05, 3.63) is 71.5 Å². The zero-order valence-electron chi connectivity index (χ0n) is 9.89. The van der Waals surface area contributed by atoms with E-state index in [1.54, 1.807) is 36.4 Å². The summed E-state index contributed by atoms with van der Waals surface area (Å²) in [5.74, 6) is -0.418. The molecule has 1 nitrogen and oxygen atoms in total. The summed E-state index contributed by atoms with van der Waals surface area (Å²) in [6.07, 6.45) is 0. The Labute approximate surface area is 124 Å². The van der Waals surface area contributed by atoms with E-state index in [1.165, 1.54) is 12.1 Å². The number of carbonyl (C=O) groups excluding carboxylic acids is 1. The average molecular weight is 342 g/mol. The molecule has 0 heterocycles. The fourth-order valence-electron chi connectivity index (χ4n) is 1.71. The largest absolute Gasteiger partial charge is 0.293 e. The molecule has 0 saturated heterocycles. The van der Waals surface area contributed by atoms with Gasteiger partial charge in [-0.2, -0.15) is 0 Å². The van der Waals surface area contributed by atoms with E-state index in [1.807, 2.05) is 6.07 Å². The Balaban J connectivity index is 2.17. The third-order valence-electron chi connectivity index (χ3n) is 2.75. The van der Waals surface area contributed by atoms with Crippen molar-refractivity contribution < 1.29 is 9.18 Å². The van der Waals surface area contributed by atoms with Crippen LogP contribution in [-0.2, 0) is 0 Å². The van der Waals surface area contributed by atoms with Crippen LogP contribution in [-0.4, -0.2) is 10.6 Å². The van der Waals surface area contributed by atoms with Gasteiger partial charge in [0.05, 0.1) is 10.2 Å². The molecule has 0 radical (unpaired) electrons. The lowest BCUT2D eigenvalue weighted by atomic mass is 10.0. The highest BCUT2D eigenvalue weighted by Crippen LogP contribution is 2.31. The standard InChI is InChI=1S/C15H11BrClFO/c16-13(15(19)11-4-2-1-3-5-11)14(17)10-6-8-12(18)9-7-10/h1-9,13-14H/t13-,14-/m1/s1. The summed E-state index contributed by atoms with van der Waals surface area (Å²) in [7, 11) is 0. The highest BCUT2D eigenvalue weighted by molar-refractivity contribution is 9.10. The van der Waals surface area contributed by atoms with Crippen molar-refractivity contribution in [3.8, 4) is 0 Å². The molecule has 0 aromatic heterocycles. The van der Waals surface area contributed by atoms with E-state index in [9.17, 15) is 9.18 Å². The van der Waals surface area contributed by atoms with Gasteiger partial charge in [0.15, 0.2) is 5.78 Å². The monoisotopic (exact) mass is 340 g/mol. The van der Waals surface area contributed by atoms with Crippen LogP contribution < -0.4 is 0 Å². The van der Waals surface area contributed by atoms with E-state index < -0.39 is 10.2 Å². The number of benzene rings is 2. The molecule has 0 bridgehead atoms. The topological polar surface area (TPSA) is 17.1 Å². The molecular formula is C15H11BrClFO. The molecule has 2 aromatic rings. The maximum Gasteiger partial charge on any atom is 0.178 e. The van der Waals surface area contributed by atoms with Gasteiger partial charge < -0.3 is 0 Å². The Kier molecular flexibility index (Phi) is 4.72. The SMILES string of the molecule is O=C(c1ccccc1)[C@H](Br)[C@H](Cl)c1ccc(F)cc1. The van der Waals surface area contributed by atoms with Crippen molar-refractivity contribution in [2.45, 2.75) is 10.2 Å². The first-order valence-electron chi connectivity index (χ1n) is 5.72. The fraction of sp³-hybridized carbons (Fsp3) is 0.133. The van der Waals surface area contributed by atoms with E-state index in [0.717, 1.165) is 0 Å². The van der Waals surface area contributed by atoms with Crippen molar-refractivity contribution in [1.29, 1.82) is 0 Å². The van der Waals surface area contributed by atoms with Crippen LogP contribution in [0, 0.1) is 5.82 Å². The summed E-state index contributed by atoms with van der Waals surface area (Å²) >= 11 is 9.59. The maximum atomic E-state index is 12.9. The molecule has 0 N–H and O–H groups in total. The van der Waals surface area contributed by atoms with Crippen LogP contribution in [0.15, 0.2) is 54.6 Å².